The van der Waals surface area contributed by atoms with E-state index in [1.165, 1.54) is 36.7 Å². The Balaban J connectivity index is 1.53. The van der Waals surface area contributed by atoms with Gasteiger partial charge in [0, 0.05) is 25.0 Å². The molecule has 1 fully saturated rings. The fourth-order valence-electron chi connectivity index (χ4n) is 3.75. The predicted molar refractivity (Wildman–Crippen MR) is 137 cm³/mol. The molecule has 11 heteroatoms. The second-order valence-corrected chi connectivity index (χ2v) is 8.85. The zero-order valence-electron chi connectivity index (χ0n) is 19.5. The number of carboxylic acids is 1. The highest BCUT2D eigenvalue weighted by Gasteiger charge is 2.19. The van der Waals surface area contributed by atoms with Gasteiger partial charge in [0.1, 0.15) is 11.6 Å². The molecule has 36 heavy (non-hydrogen) atoms. The molecule has 1 atom stereocenters. The summed E-state index contributed by atoms with van der Waals surface area (Å²) < 4.78 is 0. The van der Waals surface area contributed by atoms with Crippen molar-refractivity contribution in [2.75, 3.05) is 28.7 Å². The molecule has 3 aromatic rings. The smallest absolute Gasteiger partial charge is 0.335 e. The number of pyridine rings is 2. The summed E-state index contributed by atoms with van der Waals surface area (Å²) in [5, 5.41) is 18.5. The van der Waals surface area contributed by atoms with E-state index in [0.29, 0.717) is 17.7 Å². The molecule has 1 unspecified atom stereocenters. The summed E-state index contributed by atoms with van der Waals surface area (Å²) in [5.74, 6) is -1.30. The highest BCUT2D eigenvalue weighted by atomic mass is 35.5. The number of hydrogen-bond donors (Lipinski definition) is 4. The Bertz CT molecular complexity index is 1270. The number of aromatic carboxylic acids is 1. The number of carboxylic acid groups (broad SMARTS) is 1. The van der Waals surface area contributed by atoms with Crippen molar-refractivity contribution in [1.82, 2.24) is 15.3 Å². The van der Waals surface area contributed by atoms with Gasteiger partial charge in [-0.1, -0.05) is 11.6 Å². The lowest BCUT2D eigenvalue weighted by Crippen LogP contribution is -2.36. The highest BCUT2D eigenvalue weighted by Crippen LogP contribution is 2.22. The van der Waals surface area contributed by atoms with Gasteiger partial charge in [-0.25, -0.2) is 14.8 Å². The first-order valence-corrected chi connectivity index (χ1v) is 11.7. The van der Waals surface area contributed by atoms with Gasteiger partial charge in [-0.3, -0.25) is 14.9 Å². The van der Waals surface area contributed by atoms with Crippen molar-refractivity contribution in [3.63, 3.8) is 0 Å². The molecule has 1 aromatic carbocycles. The summed E-state index contributed by atoms with van der Waals surface area (Å²) >= 11 is 5.83. The van der Waals surface area contributed by atoms with Crippen LogP contribution in [0.2, 0.25) is 5.02 Å². The number of amides is 2. The van der Waals surface area contributed by atoms with Crippen LogP contribution < -0.4 is 20.9 Å². The molecule has 1 aliphatic heterocycles. The second-order valence-electron chi connectivity index (χ2n) is 8.41. The molecule has 0 radical (unpaired) electrons. The van der Waals surface area contributed by atoms with Crippen molar-refractivity contribution >= 4 is 46.7 Å². The topological polar surface area (TPSA) is 137 Å². The Hall–Kier alpha value is -4.02. The first-order chi connectivity index (χ1) is 17.3. The number of nitrogens with one attached hydrogen (secondary N) is 3. The molecule has 3 heterocycles. The molecule has 10 nitrogen and oxygen atoms in total. The van der Waals surface area contributed by atoms with Crippen LogP contribution in [0.3, 0.4) is 0 Å². The van der Waals surface area contributed by atoms with E-state index >= 15 is 0 Å². The molecule has 1 saturated heterocycles. The number of aromatic nitrogens is 2. The third-order valence-corrected chi connectivity index (χ3v) is 5.98. The van der Waals surface area contributed by atoms with Crippen LogP contribution in [0.25, 0.3) is 0 Å². The molecule has 1 aliphatic rings. The number of benzene rings is 1. The maximum absolute atomic E-state index is 13.0. The Kier molecular flexibility index (Phi) is 7.77. The van der Waals surface area contributed by atoms with Gasteiger partial charge >= 0.3 is 5.97 Å². The van der Waals surface area contributed by atoms with Crippen LogP contribution in [0.5, 0.6) is 0 Å². The van der Waals surface area contributed by atoms with Crippen LogP contribution in [-0.4, -0.2) is 52.1 Å². The maximum atomic E-state index is 13.0. The van der Waals surface area contributed by atoms with Crippen LogP contribution in [0.1, 0.15) is 50.8 Å². The normalized spacial score (nSPS) is 15.6. The van der Waals surface area contributed by atoms with Crippen LogP contribution in [0.4, 0.5) is 17.3 Å². The largest absolute Gasteiger partial charge is 0.478 e. The van der Waals surface area contributed by atoms with Crippen LogP contribution >= 0.6 is 11.6 Å². The SMILES string of the molecule is CC1CCCN(c2ccc(C(=O)Nc3cc(C(=O)O)ccc3C(=O)Nc3ccc(Cl)cn3)cn2)CN1. The summed E-state index contributed by atoms with van der Waals surface area (Å²) in [5.41, 5.74) is 0.296. The van der Waals surface area contributed by atoms with E-state index in [-0.39, 0.29) is 28.2 Å². The van der Waals surface area contributed by atoms with Gasteiger partial charge in [0.05, 0.1) is 34.1 Å². The van der Waals surface area contributed by atoms with Gasteiger partial charge < -0.3 is 20.6 Å². The molecule has 0 aliphatic carbocycles. The third kappa shape index (κ3) is 6.15. The quantitative estimate of drug-likeness (QED) is 0.394. The number of carbonyl (C=O) groups is 3. The first kappa shape index (κ1) is 25.1. The predicted octanol–water partition coefficient (Wildman–Crippen LogP) is 3.87. The van der Waals surface area contributed by atoms with Crippen LogP contribution in [-0.2, 0) is 0 Å². The van der Waals surface area contributed by atoms with Crippen molar-refractivity contribution in [1.29, 1.82) is 0 Å². The van der Waals surface area contributed by atoms with Crippen LogP contribution in [0.15, 0.2) is 54.9 Å². The molecular weight excluding hydrogens is 484 g/mol. The summed E-state index contributed by atoms with van der Waals surface area (Å²) in [6.07, 6.45) is 4.95. The monoisotopic (exact) mass is 508 g/mol. The average Bonchev–Trinajstić information content (AvgIpc) is 3.09. The second kappa shape index (κ2) is 11.1. The summed E-state index contributed by atoms with van der Waals surface area (Å²) in [4.78, 5) is 47.9. The lowest BCUT2D eigenvalue weighted by molar-refractivity contribution is 0.0696. The van der Waals surface area contributed by atoms with Crippen LogP contribution in [0, 0.1) is 0 Å². The van der Waals surface area contributed by atoms with Gasteiger partial charge in [0.2, 0.25) is 0 Å². The number of halogens is 1. The van der Waals surface area contributed by atoms with Crippen molar-refractivity contribution in [3.05, 3.63) is 76.6 Å². The maximum Gasteiger partial charge on any atom is 0.335 e. The van der Waals surface area contributed by atoms with Crippen molar-refractivity contribution < 1.29 is 19.5 Å². The Morgan fingerprint density at radius 3 is 2.53 bits per heavy atom. The molecule has 0 spiro atoms. The minimum atomic E-state index is -1.19. The Morgan fingerprint density at radius 2 is 1.83 bits per heavy atom. The van der Waals surface area contributed by atoms with Crippen molar-refractivity contribution in [3.8, 4) is 0 Å². The summed E-state index contributed by atoms with van der Waals surface area (Å²) in [7, 11) is 0. The fraction of sp³-hybridized carbons (Fsp3) is 0.240. The molecule has 4 rings (SSSR count). The van der Waals surface area contributed by atoms with Gasteiger partial charge in [-0.05, 0) is 62.2 Å². The minimum Gasteiger partial charge on any atom is -0.478 e. The highest BCUT2D eigenvalue weighted by molar-refractivity contribution is 6.30. The number of carbonyl (C=O) groups excluding carboxylic acids is 2. The average molecular weight is 509 g/mol. The van der Waals surface area contributed by atoms with E-state index in [1.807, 2.05) is 0 Å². The summed E-state index contributed by atoms with van der Waals surface area (Å²) in [6.45, 7) is 3.67. The molecule has 2 amide bonds. The first-order valence-electron chi connectivity index (χ1n) is 11.4. The van der Waals surface area contributed by atoms with E-state index in [2.05, 4.69) is 37.7 Å². The lowest BCUT2D eigenvalue weighted by Gasteiger charge is -2.22. The number of hydrogen-bond acceptors (Lipinski definition) is 7. The van der Waals surface area contributed by atoms with Crippen molar-refractivity contribution in [2.45, 2.75) is 25.8 Å². The molecule has 4 N–H and O–H groups in total. The molecule has 186 valence electrons. The van der Waals surface area contributed by atoms with E-state index in [1.54, 1.807) is 18.2 Å². The van der Waals surface area contributed by atoms with E-state index in [4.69, 9.17) is 11.6 Å². The summed E-state index contributed by atoms with van der Waals surface area (Å²) in [6, 6.07) is 10.8. The Labute approximate surface area is 212 Å². The van der Waals surface area contributed by atoms with E-state index in [0.717, 1.165) is 25.2 Å². The van der Waals surface area contributed by atoms with E-state index < -0.39 is 17.8 Å². The standard InChI is InChI=1S/C25H25ClN6O4/c1-15-3-2-10-32(14-29-15)22-9-5-17(12-28-22)23(33)30-20-11-16(25(35)36)4-7-19(20)24(34)31-21-8-6-18(26)13-27-21/h4-9,11-13,15,29H,2-3,10,14H2,1H3,(H,30,33)(H,35,36)(H,27,31,34). The molecular formula is C25H25ClN6O4. The fourth-order valence-corrected chi connectivity index (χ4v) is 3.86. The number of rotatable bonds is 6. The Morgan fingerprint density at radius 1 is 1.03 bits per heavy atom. The third-order valence-electron chi connectivity index (χ3n) is 5.76. The van der Waals surface area contributed by atoms with Gasteiger partial charge in [-0.2, -0.15) is 0 Å². The zero-order chi connectivity index (χ0) is 25.7. The minimum absolute atomic E-state index is 0.0427. The van der Waals surface area contributed by atoms with E-state index in [9.17, 15) is 19.5 Å². The molecule has 2 aromatic heterocycles. The molecule has 0 saturated carbocycles. The lowest BCUT2D eigenvalue weighted by atomic mass is 10.1. The number of nitrogens with zero attached hydrogens (tertiary/aromatic N) is 3. The number of anilines is 3. The zero-order valence-corrected chi connectivity index (χ0v) is 20.2. The van der Waals surface area contributed by atoms with Gasteiger partial charge in [-0.15, -0.1) is 0 Å². The molecule has 0 bridgehead atoms. The van der Waals surface area contributed by atoms with Gasteiger partial charge in [0.15, 0.2) is 0 Å². The van der Waals surface area contributed by atoms with Crippen molar-refractivity contribution in [2.24, 2.45) is 0 Å². The van der Waals surface area contributed by atoms with Gasteiger partial charge in [0.25, 0.3) is 11.8 Å².